The lowest BCUT2D eigenvalue weighted by Gasteiger charge is -2.14. The van der Waals surface area contributed by atoms with Crippen molar-refractivity contribution in [2.24, 2.45) is 0 Å². The van der Waals surface area contributed by atoms with Crippen molar-refractivity contribution in [3.63, 3.8) is 0 Å². The summed E-state index contributed by atoms with van der Waals surface area (Å²) in [5.74, 6) is 1.35. The molecule has 0 unspecified atom stereocenters. The van der Waals surface area contributed by atoms with Crippen LogP contribution in [-0.2, 0) is 0 Å². The topological polar surface area (TPSA) is 89.0 Å². The third kappa shape index (κ3) is 3.58. The van der Waals surface area contributed by atoms with Crippen LogP contribution < -0.4 is 4.74 Å². The Morgan fingerprint density at radius 3 is 2.56 bits per heavy atom. The van der Waals surface area contributed by atoms with Crippen LogP contribution >= 0.6 is 0 Å². The first-order valence-corrected chi connectivity index (χ1v) is 8.87. The zero-order valence-electron chi connectivity index (χ0n) is 14.6. The van der Waals surface area contributed by atoms with E-state index >= 15 is 0 Å². The monoisotopic (exact) mass is 359 g/mol. The maximum atomic E-state index is 10.8. The van der Waals surface area contributed by atoms with Crippen molar-refractivity contribution >= 4 is 6.29 Å². The van der Waals surface area contributed by atoms with E-state index in [1.807, 2.05) is 6.07 Å². The van der Waals surface area contributed by atoms with E-state index in [9.17, 15) is 10.1 Å². The van der Waals surface area contributed by atoms with Gasteiger partial charge in [0.05, 0.1) is 11.7 Å². The molecule has 3 aromatic rings. The number of hydrogen-bond donors (Lipinski definition) is 0. The highest BCUT2D eigenvalue weighted by Gasteiger charge is 2.19. The van der Waals surface area contributed by atoms with Crippen LogP contribution in [0.15, 0.2) is 47.0 Å². The van der Waals surface area contributed by atoms with E-state index in [1.54, 1.807) is 36.4 Å². The Hall–Kier alpha value is -3.46. The van der Waals surface area contributed by atoms with Gasteiger partial charge in [0, 0.05) is 16.7 Å². The van der Waals surface area contributed by atoms with Crippen LogP contribution in [0.4, 0.5) is 0 Å². The van der Waals surface area contributed by atoms with Gasteiger partial charge in [0.25, 0.3) is 5.89 Å². The van der Waals surface area contributed by atoms with Gasteiger partial charge in [0.1, 0.15) is 18.1 Å². The number of nitriles is 1. The maximum absolute atomic E-state index is 10.8. The van der Waals surface area contributed by atoms with Gasteiger partial charge in [-0.2, -0.15) is 10.2 Å². The van der Waals surface area contributed by atoms with E-state index in [0.29, 0.717) is 34.2 Å². The minimum absolute atomic E-state index is 0.187. The molecule has 27 heavy (non-hydrogen) atoms. The van der Waals surface area contributed by atoms with Crippen molar-refractivity contribution < 1.29 is 14.1 Å². The average Bonchev–Trinajstić information content (AvgIpc) is 3.40. The largest absolute Gasteiger partial charge is 0.489 e. The van der Waals surface area contributed by atoms with Crippen molar-refractivity contribution in [1.29, 1.82) is 5.26 Å². The third-order valence-electron chi connectivity index (χ3n) is 4.67. The smallest absolute Gasteiger partial charge is 0.258 e. The first-order valence-electron chi connectivity index (χ1n) is 8.87. The van der Waals surface area contributed by atoms with E-state index in [4.69, 9.17) is 9.26 Å². The number of aromatic nitrogens is 2. The Kier molecular flexibility index (Phi) is 4.67. The van der Waals surface area contributed by atoms with Crippen LogP contribution in [0.3, 0.4) is 0 Å². The van der Waals surface area contributed by atoms with E-state index in [1.165, 1.54) is 12.8 Å². The summed E-state index contributed by atoms with van der Waals surface area (Å²) in [6.45, 7) is 0. The van der Waals surface area contributed by atoms with Crippen LogP contribution in [0.1, 0.15) is 41.6 Å². The number of rotatable bonds is 5. The summed E-state index contributed by atoms with van der Waals surface area (Å²) in [6.07, 6.45) is 5.37. The molecule has 6 nitrogen and oxygen atoms in total. The fourth-order valence-electron chi connectivity index (χ4n) is 3.21. The lowest BCUT2D eigenvalue weighted by molar-refractivity contribution is 0.112. The summed E-state index contributed by atoms with van der Waals surface area (Å²) in [5.41, 5.74) is 2.44. The second kappa shape index (κ2) is 7.42. The van der Waals surface area contributed by atoms with Crippen LogP contribution in [0.2, 0.25) is 0 Å². The molecule has 1 fully saturated rings. The molecule has 1 aromatic heterocycles. The summed E-state index contributed by atoms with van der Waals surface area (Å²) in [5, 5.41) is 13.5. The fraction of sp³-hybridized carbons (Fsp3) is 0.238. The Bertz CT molecular complexity index is 996. The Labute approximate surface area is 156 Å². The molecule has 1 heterocycles. The second-order valence-electron chi connectivity index (χ2n) is 6.51. The zero-order valence-corrected chi connectivity index (χ0v) is 14.6. The number of aldehydes is 1. The number of carbonyl (C=O) groups is 1. The number of ether oxygens (including phenoxy) is 1. The molecule has 0 aliphatic heterocycles. The molecule has 0 spiro atoms. The molecule has 0 saturated heterocycles. The third-order valence-corrected chi connectivity index (χ3v) is 4.67. The van der Waals surface area contributed by atoms with E-state index in [2.05, 4.69) is 16.2 Å². The van der Waals surface area contributed by atoms with Gasteiger partial charge in [0.2, 0.25) is 5.82 Å². The summed E-state index contributed by atoms with van der Waals surface area (Å²) >= 11 is 0. The van der Waals surface area contributed by atoms with Crippen LogP contribution in [0.25, 0.3) is 22.8 Å². The SMILES string of the molecule is N#Cc1cc(-c2nc(-c3ccc(C=O)cc3)no2)ccc1OC1CCCC1. The molecule has 2 aromatic carbocycles. The molecular weight excluding hydrogens is 342 g/mol. The number of benzene rings is 2. The first kappa shape index (κ1) is 17.0. The second-order valence-corrected chi connectivity index (χ2v) is 6.51. The van der Waals surface area contributed by atoms with Gasteiger partial charge in [-0.1, -0.05) is 29.4 Å². The van der Waals surface area contributed by atoms with Crippen LogP contribution in [-0.4, -0.2) is 22.5 Å². The van der Waals surface area contributed by atoms with Gasteiger partial charge in [-0.05, 0) is 43.9 Å². The highest BCUT2D eigenvalue weighted by atomic mass is 16.5. The summed E-state index contributed by atoms with van der Waals surface area (Å²) in [6, 6.07) is 14.4. The van der Waals surface area contributed by atoms with Gasteiger partial charge in [-0.25, -0.2) is 0 Å². The van der Waals surface area contributed by atoms with Crippen LogP contribution in [0.5, 0.6) is 5.75 Å². The van der Waals surface area contributed by atoms with E-state index in [-0.39, 0.29) is 6.10 Å². The predicted octanol–water partition coefficient (Wildman–Crippen LogP) is 4.41. The average molecular weight is 359 g/mol. The fourth-order valence-corrected chi connectivity index (χ4v) is 3.21. The lowest BCUT2D eigenvalue weighted by atomic mass is 10.1. The van der Waals surface area contributed by atoms with Gasteiger partial charge in [-0.15, -0.1) is 0 Å². The standard InChI is InChI=1S/C21H17N3O3/c22-12-17-11-16(9-10-19(17)26-18-3-1-2-4-18)21-23-20(24-27-21)15-7-5-14(13-25)6-8-15/h5-11,13,18H,1-4H2. The van der Waals surface area contributed by atoms with E-state index in [0.717, 1.165) is 24.7 Å². The maximum Gasteiger partial charge on any atom is 0.258 e. The quantitative estimate of drug-likeness (QED) is 0.627. The summed E-state index contributed by atoms with van der Waals surface area (Å²) in [4.78, 5) is 15.2. The molecule has 0 atom stereocenters. The molecule has 4 rings (SSSR count). The van der Waals surface area contributed by atoms with Gasteiger partial charge in [-0.3, -0.25) is 4.79 Å². The highest BCUT2D eigenvalue weighted by Crippen LogP contribution is 2.30. The summed E-state index contributed by atoms with van der Waals surface area (Å²) in [7, 11) is 0. The Morgan fingerprint density at radius 2 is 1.85 bits per heavy atom. The number of carbonyl (C=O) groups excluding carboxylic acids is 1. The van der Waals surface area contributed by atoms with E-state index < -0.39 is 0 Å². The van der Waals surface area contributed by atoms with Crippen LogP contribution in [0, 0.1) is 11.3 Å². The molecule has 0 N–H and O–H groups in total. The van der Waals surface area contributed by atoms with Gasteiger partial charge >= 0.3 is 0 Å². The normalized spacial score (nSPS) is 14.0. The summed E-state index contributed by atoms with van der Waals surface area (Å²) < 4.78 is 11.3. The predicted molar refractivity (Wildman–Crippen MR) is 98.2 cm³/mol. The zero-order chi connectivity index (χ0) is 18.6. The molecular formula is C21H17N3O3. The molecule has 0 radical (unpaired) electrons. The molecule has 134 valence electrons. The molecule has 0 amide bonds. The lowest BCUT2D eigenvalue weighted by Crippen LogP contribution is -2.11. The minimum Gasteiger partial charge on any atom is -0.489 e. The number of nitrogens with zero attached hydrogens (tertiary/aromatic N) is 3. The molecule has 6 heteroatoms. The van der Waals surface area contributed by atoms with Gasteiger partial charge < -0.3 is 9.26 Å². The molecule has 1 aliphatic carbocycles. The molecule has 0 bridgehead atoms. The van der Waals surface area contributed by atoms with Crippen molar-refractivity contribution in [3.8, 4) is 34.7 Å². The van der Waals surface area contributed by atoms with Gasteiger partial charge in [0.15, 0.2) is 0 Å². The van der Waals surface area contributed by atoms with Crippen molar-refractivity contribution in [2.45, 2.75) is 31.8 Å². The highest BCUT2D eigenvalue weighted by molar-refractivity contribution is 5.76. The molecule has 1 saturated carbocycles. The minimum atomic E-state index is 0.187. The first-order chi connectivity index (χ1) is 13.3. The van der Waals surface area contributed by atoms with Crippen molar-refractivity contribution in [3.05, 3.63) is 53.6 Å². The Balaban J connectivity index is 1.58. The Morgan fingerprint density at radius 1 is 1.11 bits per heavy atom. The van der Waals surface area contributed by atoms with Crippen molar-refractivity contribution in [1.82, 2.24) is 10.1 Å². The van der Waals surface area contributed by atoms with Crippen molar-refractivity contribution in [2.75, 3.05) is 0 Å². The molecule has 1 aliphatic rings. The number of hydrogen-bond acceptors (Lipinski definition) is 6.